The molecule has 0 saturated heterocycles. The second kappa shape index (κ2) is 3.90. The van der Waals surface area contributed by atoms with Crippen molar-refractivity contribution in [3.8, 4) is 11.5 Å². The molecule has 4 heteroatoms. The lowest BCUT2D eigenvalue weighted by atomic mass is 10.1. The van der Waals surface area contributed by atoms with Crippen LogP contribution in [0, 0.1) is 0 Å². The molecule has 1 heterocycles. The molecule has 1 atom stereocenters. The van der Waals surface area contributed by atoms with E-state index in [1.165, 1.54) is 6.92 Å². The van der Waals surface area contributed by atoms with Crippen LogP contribution < -0.4 is 14.8 Å². The molecule has 1 aromatic rings. The van der Waals surface area contributed by atoms with Crippen LogP contribution in [0.4, 0.5) is 0 Å². The van der Waals surface area contributed by atoms with Crippen molar-refractivity contribution >= 4 is 5.78 Å². The van der Waals surface area contributed by atoms with E-state index in [4.69, 9.17) is 12.2 Å². The molecule has 1 unspecified atom stereocenters. The first kappa shape index (κ1) is 7.70. The fraction of sp³-hybridized carbons (Fsp3) is 0.364. The summed E-state index contributed by atoms with van der Waals surface area (Å²) >= 11 is 0. The lowest BCUT2D eigenvalue weighted by molar-refractivity contribution is 0.0954. The van der Waals surface area contributed by atoms with Crippen molar-refractivity contribution in [1.29, 1.82) is 0 Å². The summed E-state index contributed by atoms with van der Waals surface area (Å²) in [5.74, 6) is 0.710. The summed E-state index contributed by atoms with van der Waals surface area (Å²) in [5.41, 5.74) is 0.368. The Morgan fingerprint density at radius 3 is 3.20 bits per heavy atom. The van der Waals surface area contributed by atoms with E-state index in [0.29, 0.717) is 17.1 Å². The highest BCUT2D eigenvalue weighted by Gasteiger charge is 2.18. The third-order valence-electron chi connectivity index (χ3n) is 2.24. The first-order valence-electron chi connectivity index (χ1n) is 5.74. The van der Waals surface area contributed by atoms with Gasteiger partial charge < -0.3 is 14.8 Å². The fourth-order valence-corrected chi connectivity index (χ4v) is 1.33. The van der Waals surface area contributed by atoms with Gasteiger partial charge in [-0.1, -0.05) is 0 Å². The molecular formula is C11H13NO3. The van der Waals surface area contributed by atoms with Gasteiger partial charge in [0, 0.05) is 6.93 Å². The largest absolute Gasteiger partial charge is 0.454 e. The molecule has 0 bridgehead atoms. The third-order valence-corrected chi connectivity index (χ3v) is 2.24. The van der Waals surface area contributed by atoms with Gasteiger partial charge in [-0.2, -0.15) is 0 Å². The highest BCUT2D eigenvalue weighted by atomic mass is 16.7. The molecule has 0 aliphatic carbocycles. The molecule has 0 amide bonds. The van der Waals surface area contributed by atoms with Crippen LogP contribution in [-0.2, 0) is 0 Å². The van der Waals surface area contributed by atoms with Gasteiger partial charge in [-0.05, 0) is 32.1 Å². The molecule has 0 spiro atoms. The molecule has 0 fully saturated rings. The Morgan fingerprint density at radius 1 is 1.60 bits per heavy atom. The maximum Gasteiger partial charge on any atom is 0.231 e. The standard InChI is InChI=1S/C11H13NO3/c1-7(12-2)11(13)8-3-4-9-10(5-8)15-6-14-9/h3-5,7,12H,6H2,1-2H3/i2D,7D. The minimum atomic E-state index is -1.50. The predicted molar refractivity (Wildman–Crippen MR) is 55.4 cm³/mol. The molecule has 2 rings (SSSR count). The van der Waals surface area contributed by atoms with Crippen LogP contribution in [0.5, 0.6) is 11.5 Å². The number of likely N-dealkylation sites (N-methyl/N-ethyl adjacent to an activating group) is 1. The van der Waals surface area contributed by atoms with E-state index < -0.39 is 11.8 Å². The minimum Gasteiger partial charge on any atom is -0.454 e. The number of hydrogen-bond acceptors (Lipinski definition) is 4. The monoisotopic (exact) mass is 209 g/mol. The number of rotatable bonds is 3. The molecule has 1 aliphatic heterocycles. The van der Waals surface area contributed by atoms with Crippen molar-refractivity contribution in [2.24, 2.45) is 0 Å². The number of carbonyl (C=O) groups is 1. The highest BCUT2D eigenvalue weighted by Crippen LogP contribution is 2.32. The summed E-state index contributed by atoms with van der Waals surface area (Å²) in [6.07, 6.45) is 0. The van der Waals surface area contributed by atoms with Crippen molar-refractivity contribution in [3.63, 3.8) is 0 Å². The van der Waals surface area contributed by atoms with Gasteiger partial charge in [0.1, 0.15) is 0 Å². The zero-order valence-corrected chi connectivity index (χ0v) is 8.37. The van der Waals surface area contributed by atoms with Crippen LogP contribution >= 0.6 is 0 Å². The van der Waals surface area contributed by atoms with E-state index in [-0.39, 0.29) is 13.8 Å². The van der Waals surface area contributed by atoms with Crippen LogP contribution in [0.15, 0.2) is 18.2 Å². The lowest BCUT2D eigenvalue weighted by Crippen LogP contribution is -2.30. The molecule has 1 N–H and O–H groups in total. The van der Waals surface area contributed by atoms with Gasteiger partial charge in [0.25, 0.3) is 0 Å². The Kier molecular flexibility index (Phi) is 2.00. The van der Waals surface area contributed by atoms with E-state index in [1.54, 1.807) is 18.2 Å². The van der Waals surface area contributed by atoms with Crippen molar-refractivity contribution in [2.45, 2.75) is 12.9 Å². The molecule has 15 heavy (non-hydrogen) atoms. The number of fused-ring (bicyclic) bond motifs is 1. The number of hydrogen-bond donors (Lipinski definition) is 1. The summed E-state index contributed by atoms with van der Waals surface area (Å²) in [7, 11) is -0.184. The first-order chi connectivity index (χ1) is 8.04. The van der Waals surface area contributed by atoms with Crippen molar-refractivity contribution in [2.75, 3.05) is 13.8 Å². The Bertz CT molecular complexity index is 448. The number of ketones is 1. The zero-order valence-electron chi connectivity index (χ0n) is 10.4. The number of ether oxygens (including phenoxy) is 2. The number of nitrogens with one attached hydrogen (secondary N) is 1. The second-order valence-corrected chi connectivity index (χ2v) is 3.20. The normalized spacial score (nSPS) is 19.0. The van der Waals surface area contributed by atoms with E-state index in [0.717, 1.165) is 0 Å². The Morgan fingerprint density at radius 2 is 2.40 bits per heavy atom. The minimum absolute atomic E-state index is 0.149. The Labute approximate surface area is 91.0 Å². The van der Waals surface area contributed by atoms with Crippen LogP contribution in [-0.4, -0.2) is 25.6 Å². The molecule has 80 valence electrons. The summed E-state index contributed by atoms with van der Waals surface area (Å²) in [6.45, 7) is 1.57. The first-order valence-corrected chi connectivity index (χ1v) is 4.53. The molecular weight excluding hydrogens is 194 g/mol. The number of Topliss-reactive ketones (excluding diaryl/α,β-unsaturated/α-hetero) is 1. The van der Waals surface area contributed by atoms with Crippen LogP contribution in [0.3, 0.4) is 0 Å². The lowest BCUT2D eigenvalue weighted by Gasteiger charge is -2.09. The smallest absolute Gasteiger partial charge is 0.231 e. The molecule has 1 aliphatic rings. The van der Waals surface area contributed by atoms with E-state index in [9.17, 15) is 4.79 Å². The molecule has 1 aromatic carbocycles. The second-order valence-electron chi connectivity index (χ2n) is 3.20. The Balaban J connectivity index is 2.26. The van der Waals surface area contributed by atoms with Crippen LogP contribution in [0.2, 0.25) is 0 Å². The molecule has 0 radical (unpaired) electrons. The van der Waals surface area contributed by atoms with Gasteiger partial charge in [-0.25, -0.2) is 0 Å². The number of benzene rings is 1. The Hall–Kier alpha value is -1.55. The average Bonchev–Trinajstić information content (AvgIpc) is 2.74. The SMILES string of the molecule is [2H]CNC([2H])(C)C(=O)c1ccc2c(c1)OCO2. The van der Waals surface area contributed by atoms with Crippen molar-refractivity contribution < 1.29 is 17.0 Å². The van der Waals surface area contributed by atoms with Crippen LogP contribution in [0.25, 0.3) is 0 Å². The van der Waals surface area contributed by atoms with Gasteiger partial charge in [0.15, 0.2) is 17.3 Å². The zero-order chi connectivity index (χ0) is 12.5. The average molecular weight is 209 g/mol. The van der Waals surface area contributed by atoms with Crippen LogP contribution in [0.1, 0.15) is 20.0 Å². The molecule has 0 aromatic heterocycles. The quantitative estimate of drug-likeness (QED) is 0.760. The summed E-state index contributed by atoms with van der Waals surface area (Å²) < 4.78 is 25.1. The van der Waals surface area contributed by atoms with E-state index in [2.05, 4.69) is 5.32 Å². The maximum atomic E-state index is 12.0. The summed E-state index contributed by atoms with van der Waals surface area (Å²) in [5, 5.41) is 2.50. The summed E-state index contributed by atoms with van der Waals surface area (Å²) in [4.78, 5) is 12.0. The molecule has 0 saturated carbocycles. The predicted octanol–water partition coefficient (Wildman–Crippen LogP) is 1.21. The van der Waals surface area contributed by atoms with Crippen molar-refractivity contribution in [1.82, 2.24) is 5.32 Å². The van der Waals surface area contributed by atoms with Gasteiger partial charge in [0.2, 0.25) is 6.79 Å². The van der Waals surface area contributed by atoms with E-state index in [1.807, 2.05) is 0 Å². The maximum absolute atomic E-state index is 12.0. The molecule has 4 nitrogen and oxygen atoms in total. The number of carbonyl (C=O) groups excluding carboxylic acids is 1. The third kappa shape index (κ3) is 1.80. The highest BCUT2D eigenvalue weighted by molar-refractivity contribution is 6.00. The van der Waals surface area contributed by atoms with Gasteiger partial charge in [0.05, 0.1) is 7.39 Å². The van der Waals surface area contributed by atoms with E-state index >= 15 is 0 Å². The van der Waals surface area contributed by atoms with Gasteiger partial charge >= 0.3 is 0 Å². The fourth-order valence-electron chi connectivity index (χ4n) is 1.33. The van der Waals surface area contributed by atoms with Gasteiger partial charge in [-0.15, -0.1) is 0 Å². The van der Waals surface area contributed by atoms with Gasteiger partial charge in [-0.3, -0.25) is 4.79 Å². The summed E-state index contributed by atoms with van der Waals surface area (Å²) in [6, 6.07) is 3.29. The topological polar surface area (TPSA) is 47.6 Å². The van der Waals surface area contributed by atoms with Crippen molar-refractivity contribution in [3.05, 3.63) is 23.8 Å².